The summed E-state index contributed by atoms with van der Waals surface area (Å²) >= 11 is 6.10. The number of nitrogens with two attached hydrogens (primary N) is 1. The number of hydrogen-bond acceptors (Lipinski definition) is 4. The summed E-state index contributed by atoms with van der Waals surface area (Å²) in [6.07, 6.45) is 0. The molecule has 0 aliphatic carbocycles. The lowest BCUT2D eigenvalue weighted by Crippen LogP contribution is -2.20. The largest absolute Gasteiger partial charge is 0.490 e. The summed E-state index contributed by atoms with van der Waals surface area (Å²) in [5.41, 5.74) is 6.00. The van der Waals surface area contributed by atoms with Gasteiger partial charge in [-0.25, -0.2) is 0 Å². The van der Waals surface area contributed by atoms with Crippen molar-refractivity contribution in [1.29, 1.82) is 0 Å². The molecule has 0 unspecified atom stereocenters. The maximum atomic E-state index is 10.7. The Morgan fingerprint density at radius 2 is 2.17 bits per heavy atom. The third-order valence-corrected chi connectivity index (χ3v) is 2.39. The lowest BCUT2D eigenvalue weighted by molar-refractivity contribution is -0.119. The molecule has 1 amide bonds. The second kappa shape index (κ2) is 7.08. The van der Waals surface area contributed by atoms with Crippen molar-refractivity contribution in [3.63, 3.8) is 0 Å². The van der Waals surface area contributed by atoms with E-state index in [4.69, 9.17) is 26.8 Å². The number of halogens is 1. The molecule has 0 bridgehead atoms. The Balaban J connectivity index is 3.01. The minimum absolute atomic E-state index is 0.231. The molecule has 0 atom stereocenters. The second-order valence-electron chi connectivity index (χ2n) is 3.62. The summed E-state index contributed by atoms with van der Waals surface area (Å²) in [6.45, 7) is 2.77. The van der Waals surface area contributed by atoms with Gasteiger partial charge in [-0.05, 0) is 31.7 Å². The molecule has 6 heteroatoms. The van der Waals surface area contributed by atoms with E-state index in [1.807, 2.05) is 20.0 Å². The Kier molecular flexibility index (Phi) is 5.74. The third kappa shape index (κ3) is 4.09. The molecular formula is C12H17ClN2O3. The fourth-order valence-corrected chi connectivity index (χ4v) is 1.76. The molecule has 18 heavy (non-hydrogen) atoms. The van der Waals surface area contributed by atoms with Gasteiger partial charge in [-0.3, -0.25) is 4.79 Å². The molecule has 100 valence electrons. The molecule has 0 heterocycles. The van der Waals surface area contributed by atoms with Crippen LogP contribution in [0.4, 0.5) is 0 Å². The summed E-state index contributed by atoms with van der Waals surface area (Å²) in [5.74, 6) is 0.293. The van der Waals surface area contributed by atoms with E-state index in [-0.39, 0.29) is 6.61 Å². The molecule has 0 saturated heterocycles. The van der Waals surface area contributed by atoms with Crippen LogP contribution >= 0.6 is 11.6 Å². The number of amides is 1. The van der Waals surface area contributed by atoms with Crippen LogP contribution in [0.5, 0.6) is 11.5 Å². The number of carbonyl (C=O) groups excluding carboxylic acids is 1. The van der Waals surface area contributed by atoms with Crippen molar-refractivity contribution < 1.29 is 14.3 Å². The molecule has 5 nitrogen and oxygen atoms in total. The molecular weight excluding hydrogens is 256 g/mol. The van der Waals surface area contributed by atoms with Crippen LogP contribution in [0.25, 0.3) is 0 Å². The predicted molar refractivity (Wildman–Crippen MR) is 70.1 cm³/mol. The van der Waals surface area contributed by atoms with Gasteiger partial charge in [0.05, 0.1) is 11.6 Å². The lowest BCUT2D eigenvalue weighted by atomic mass is 10.2. The van der Waals surface area contributed by atoms with E-state index in [0.717, 1.165) is 5.56 Å². The van der Waals surface area contributed by atoms with E-state index in [0.29, 0.717) is 29.7 Å². The first-order valence-electron chi connectivity index (χ1n) is 5.59. The van der Waals surface area contributed by atoms with Crippen molar-refractivity contribution in [2.24, 2.45) is 5.73 Å². The van der Waals surface area contributed by atoms with Gasteiger partial charge in [0.1, 0.15) is 0 Å². The van der Waals surface area contributed by atoms with Gasteiger partial charge in [0.25, 0.3) is 5.91 Å². The summed E-state index contributed by atoms with van der Waals surface area (Å²) in [5, 5.41) is 3.42. The van der Waals surface area contributed by atoms with E-state index in [1.165, 1.54) is 0 Å². The van der Waals surface area contributed by atoms with E-state index in [2.05, 4.69) is 5.32 Å². The van der Waals surface area contributed by atoms with Gasteiger partial charge >= 0.3 is 0 Å². The number of ether oxygens (including phenoxy) is 2. The Labute approximate surface area is 111 Å². The minimum atomic E-state index is -0.562. The molecule has 0 aliphatic rings. The SMILES string of the molecule is CCOc1cc(CNC)cc(Cl)c1OCC(N)=O. The smallest absolute Gasteiger partial charge is 0.255 e. The zero-order chi connectivity index (χ0) is 13.5. The molecule has 1 rings (SSSR count). The van der Waals surface area contributed by atoms with Gasteiger partial charge in [-0.15, -0.1) is 0 Å². The monoisotopic (exact) mass is 272 g/mol. The maximum absolute atomic E-state index is 10.7. The first kappa shape index (κ1) is 14.6. The van der Waals surface area contributed by atoms with E-state index in [1.54, 1.807) is 6.07 Å². The van der Waals surface area contributed by atoms with Crippen LogP contribution in [0.15, 0.2) is 12.1 Å². The van der Waals surface area contributed by atoms with Crippen LogP contribution in [0.3, 0.4) is 0 Å². The van der Waals surface area contributed by atoms with E-state index < -0.39 is 5.91 Å². The second-order valence-corrected chi connectivity index (χ2v) is 4.03. The van der Waals surface area contributed by atoms with Crippen LogP contribution in [0.1, 0.15) is 12.5 Å². The number of benzene rings is 1. The van der Waals surface area contributed by atoms with Gasteiger partial charge < -0.3 is 20.5 Å². The fourth-order valence-electron chi connectivity index (χ4n) is 1.47. The maximum Gasteiger partial charge on any atom is 0.255 e. The molecule has 1 aromatic rings. The van der Waals surface area contributed by atoms with Gasteiger partial charge in [0.2, 0.25) is 0 Å². The quantitative estimate of drug-likeness (QED) is 0.785. The third-order valence-electron chi connectivity index (χ3n) is 2.11. The molecule has 0 spiro atoms. The van der Waals surface area contributed by atoms with Gasteiger partial charge in [-0.2, -0.15) is 0 Å². The highest BCUT2D eigenvalue weighted by atomic mass is 35.5. The van der Waals surface area contributed by atoms with Crippen LogP contribution < -0.4 is 20.5 Å². The van der Waals surface area contributed by atoms with Gasteiger partial charge in [0.15, 0.2) is 18.1 Å². The summed E-state index contributed by atoms with van der Waals surface area (Å²) in [7, 11) is 1.84. The number of nitrogens with one attached hydrogen (secondary N) is 1. The van der Waals surface area contributed by atoms with Gasteiger partial charge in [-0.1, -0.05) is 11.6 Å². The first-order chi connectivity index (χ1) is 8.58. The number of primary amides is 1. The summed E-state index contributed by atoms with van der Waals surface area (Å²) in [4.78, 5) is 10.7. The number of carbonyl (C=O) groups is 1. The van der Waals surface area contributed by atoms with Crippen molar-refractivity contribution in [3.05, 3.63) is 22.7 Å². The topological polar surface area (TPSA) is 73.6 Å². The van der Waals surface area contributed by atoms with Gasteiger partial charge in [0, 0.05) is 6.54 Å². The van der Waals surface area contributed by atoms with E-state index in [9.17, 15) is 4.79 Å². The Morgan fingerprint density at radius 3 is 2.72 bits per heavy atom. The van der Waals surface area contributed by atoms with Crippen LogP contribution in [0.2, 0.25) is 5.02 Å². The molecule has 3 N–H and O–H groups in total. The summed E-state index contributed by atoms with van der Waals surface area (Å²) < 4.78 is 10.7. The van der Waals surface area contributed by atoms with Crippen LogP contribution in [-0.4, -0.2) is 26.2 Å². The zero-order valence-electron chi connectivity index (χ0n) is 10.5. The van der Waals surface area contributed by atoms with Crippen LogP contribution in [-0.2, 0) is 11.3 Å². The van der Waals surface area contributed by atoms with Crippen LogP contribution in [0, 0.1) is 0 Å². The highest BCUT2D eigenvalue weighted by Crippen LogP contribution is 2.36. The first-order valence-corrected chi connectivity index (χ1v) is 5.97. The predicted octanol–water partition coefficient (Wildman–Crippen LogP) is 1.32. The normalized spacial score (nSPS) is 10.2. The highest BCUT2D eigenvalue weighted by Gasteiger charge is 2.13. The number of hydrogen-bond donors (Lipinski definition) is 2. The lowest BCUT2D eigenvalue weighted by Gasteiger charge is -2.14. The molecule has 0 aliphatic heterocycles. The Hall–Kier alpha value is -1.46. The van der Waals surface area contributed by atoms with Crippen molar-refractivity contribution in [2.75, 3.05) is 20.3 Å². The standard InChI is InChI=1S/C12H17ClN2O3/c1-3-17-10-5-8(6-15-2)4-9(13)12(10)18-7-11(14)16/h4-5,15H,3,6-7H2,1-2H3,(H2,14,16). The fraction of sp³-hybridized carbons (Fsp3) is 0.417. The van der Waals surface area contributed by atoms with Crippen molar-refractivity contribution in [2.45, 2.75) is 13.5 Å². The van der Waals surface area contributed by atoms with E-state index >= 15 is 0 Å². The molecule has 0 aromatic heterocycles. The number of rotatable bonds is 7. The Morgan fingerprint density at radius 1 is 1.44 bits per heavy atom. The Bertz CT molecular complexity index is 424. The zero-order valence-corrected chi connectivity index (χ0v) is 11.2. The molecule has 1 aromatic carbocycles. The molecule has 0 saturated carbocycles. The van der Waals surface area contributed by atoms with Crippen molar-refractivity contribution in [3.8, 4) is 11.5 Å². The summed E-state index contributed by atoms with van der Waals surface area (Å²) in [6, 6.07) is 3.58. The minimum Gasteiger partial charge on any atom is -0.490 e. The van der Waals surface area contributed by atoms with Crippen molar-refractivity contribution >= 4 is 17.5 Å². The average molecular weight is 273 g/mol. The molecule has 0 radical (unpaired) electrons. The van der Waals surface area contributed by atoms with Crippen molar-refractivity contribution in [1.82, 2.24) is 5.32 Å². The molecule has 0 fully saturated rings. The highest BCUT2D eigenvalue weighted by molar-refractivity contribution is 6.32. The average Bonchev–Trinajstić information content (AvgIpc) is 2.28.